The summed E-state index contributed by atoms with van der Waals surface area (Å²) in [6.45, 7) is 12.7. The summed E-state index contributed by atoms with van der Waals surface area (Å²) in [6, 6.07) is 4.66. The number of hydrogen-bond acceptors (Lipinski definition) is 3. The number of nitrogens with zero attached hydrogens (tertiary/aromatic N) is 1. The molecule has 0 atom stereocenters. The highest BCUT2D eigenvalue weighted by molar-refractivity contribution is 5.05. The van der Waals surface area contributed by atoms with Crippen LogP contribution < -0.4 is 5.32 Å². The van der Waals surface area contributed by atoms with Crippen LogP contribution in [0.25, 0.3) is 0 Å². The molecule has 0 aliphatic carbocycles. The summed E-state index contributed by atoms with van der Waals surface area (Å²) in [6.07, 6.45) is 0. The first kappa shape index (κ1) is 13.3. The fourth-order valence-electron chi connectivity index (χ4n) is 1.80. The molecule has 16 heavy (non-hydrogen) atoms. The van der Waals surface area contributed by atoms with E-state index in [0.29, 0.717) is 6.04 Å². The van der Waals surface area contributed by atoms with Crippen molar-refractivity contribution in [1.82, 2.24) is 10.2 Å². The van der Waals surface area contributed by atoms with Crippen molar-refractivity contribution in [3.8, 4) is 0 Å². The molecular weight excluding hydrogens is 200 g/mol. The smallest absolute Gasteiger partial charge is 0.117 e. The number of likely N-dealkylation sites (N-methyl/N-ethyl adjacent to an activating group) is 1. The first-order valence-corrected chi connectivity index (χ1v) is 6.13. The first-order chi connectivity index (χ1) is 7.63. The molecule has 0 spiro atoms. The van der Waals surface area contributed by atoms with Crippen molar-refractivity contribution in [2.75, 3.05) is 19.6 Å². The van der Waals surface area contributed by atoms with Crippen molar-refractivity contribution in [2.24, 2.45) is 0 Å². The third kappa shape index (κ3) is 4.37. The maximum atomic E-state index is 5.49. The van der Waals surface area contributed by atoms with Gasteiger partial charge in [-0.05, 0) is 39.4 Å². The van der Waals surface area contributed by atoms with Gasteiger partial charge < -0.3 is 9.73 Å². The first-order valence-electron chi connectivity index (χ1n) is 6.13. The van der Waals surface area contributed by atoms with Crippen molar-refractivity contribution in [1.29, 1.82) is 0 Å². The maximum Gasteiger partial charge on any atom is 0.117 e. The summed E-state index contributed by atoms with van der Waals surface area (Å²) in [4.78, 5) is 2.44. The Bertz CT molecular complexity index is 294. The Morgan fingerprint density at radius 2 is 2.12 bits per heavy atom. The van der Waals surface area contributed by atoms with Gasteiger partial charge in [-0.2, -0.15) is 0 Å². The highest BCUT2D eigenvalue weighted by Gasteiger charge is 2.05. The fourth-order valence-corrected chi connectivity index (χ4v) is 1.80. The number of aryl methyl sites for hydroxylation is 1. The second-order valence-electron chi connectivity index (χ2n) is 4.41. The van der Waals surface area contributed by atoms with Gasteiger partial charge in [0.05, 0.1) is 6.54 Å². The largest absolute Gasteiger partial charge is 0.465 e. The molecule has 92 valence electrons. The zero-order valence-corrected chi connectivity index (χ0v) is 10.9. The molecule has 0 saturated carbocycles. The van der Waals surface area contributed by atoms with Crippen LogP contribution in [-0.4, -0.2) is 30.6 Å². The second-order valence-corrected chi connectivity index (χ2v) is 4.41. The lowest BCUT2D eigenvalue weighted by molar-refractivity contribution is 0.233. The average molecular weight is 224 g/mol. The molecule has 0 bridgehead atoms. The highest BCUT2D eigenvalue weighted by Crippen LogP contribution is 2.05. The Morgan fingerprint density at radius 1 is 1.38 bits per heavy atom. The van der Waals surface area contributed by atoms with Gasteiger partial charge in [0.15, 0.2) is 0 Å². The van der Waals surface area contributed by atoms with E-state index in [9.17, 15) is 0 Å². The van der Waals surface area contributed by atoms with E-state index < -0.39 is 0 Å². The summed E-state index contributed by atoms with van der Waals surface area (Å²) in [5.74, 6) is 2.00. The number of rotatable bonds is 7. The summed E-state index contributed by atoms with van der Waals surface area (Å²) in [7, 11) is 0. The van der Waals surface area contributed by atoms with Crippen LogP contribution in [0.2, 0.25) is 0 Å². The summed E-state index contributed by atoms with van der Waals surface area (Å²) >= 11 is 0. The molecule has 1 rings (SSSR count). The topological polar surface area (TPSA) is 28.4 Å². The van der Waals surface area contributed by atoms with Crippen LogP contribution in [0.3, 0.4) is 0 Å². The van der Waals surface area contributed by atoms with Crippen LogP contribution in [0.4, 0.5) is 0 Å². The van der Waals surface area contributed by atoms with Gasteiger partial charge in [0, 0.05) is 19.1 Å². The van der Waals surface area contributed by atoms with Gasteiger partial charge in [-0.3, -0.25) is 4.90 Å². The third-order valence-corrected chi connectivity index (χ3v) is 2.81. The van der Waals surface area contributed by atoms with Crippen molar-refractivity contribution in [3.63, 3.8) is 0 Å². The van der Waals surface area contributed by atoms with Gasteiger partial charge >= 0.3 is 0 Å². The molecule has 0 amide bonds. The van der Waals surface area contributed by atoms with E-state index in [0.717, 1.165) is 37.7 Å². The van der Waals surface area contributed by atoms with Gasteiger partial charge in [0.25, 0.3) is 0 Å². The van der Waals surface area contributed by atoms with Gasteiger partial charge in [-0.1, -0.05) is 6.92 Å². The molecule has 0 unspecified atom stereocenters. The predicted molar refractivity (Wildman–Crippen MR) is 67.5 cm³/mol. The van der Waals surface area contributed by atoms with E-state index >= 15 is 0 Å². The lowest BCUT2D eigenvalue weighted by Gasteiger charge is -2.24. The van der Waals surface area contributed by atoms with E-state index in [4.69, 9.17) is 4.42 Å². The van der Waals surface area contributed by atoms with Crippen LogP contribution in [-0.2, 0) is 6.54 Å². The van der Waals surface area contributed by atoms with E-state index in [2.05, 4.69) is 31.0 Å². The normalized spacial score (nSPS) is 11.6. The minimum atomic E-state index is 0.623. The predicted octanol–water partition coefficient (Wildman–Crippen LogP) is 2.41. The average Bonchev–Trinajstić information content (AvgIpc) is 2.64. The van der Waals surface area contributed by atoms with Crippen LogP contribution in [0, 0.1) is 6.92 Å². The van der Waals surface area contributed by atoms with Gasteiger partial charge in [0.2, 0.25) is 0 Å². The molecular formula is C13H24N2O. The van der Waals surface area contributed by atoms with Crippen molar-refractivity contribution < 1.29 is 4.42 Å². The SMILES string of the molecule is CCN(CCNCc1ccc(C)o1)C(C)C. The Balaban J connectivity index is 2.16. The quantitative estimate of drug-likeness (QED) is 0.721. The molecule has 0 aliphatic heterocycles. The van der Waals surface area contributed by atoms with Gasteiger partial charge in [-0.25, -0.2) is 0 Å². The number of hydrogen-bond donors (Lipinski definition) is 1. The van der Waals surface area contributed by atoms with E-state index in [1.165, 1.54) is 0 Å². The maximum absolute atomic E-state index is 5.49. The monoisotopic (exact) mass is 224 g/mol. The van der Waals surface area contributed by atoms with E-state index in [1.807, 2.05) is 19.1 Å². The summed E-state index contributed by atoms with van der Waals surface area (Å²) < 4.78 is 5.49. The van der Waals surface area contributed by atoms with Gasteiger partial charge in [-0.15, -0.1) is 0 Å². The van der Waals surface area contributed by atoms with Crippen molar-refractivity contribution >= 4 is 0 Å². The fraction of sp³-hybridized carbons (Fsp3) is 0.692. The molecule has 0 aromatic carbocycles. The number of nitrogens with one attached hydrogen (secondary N) is 1. The standard InChI is InChI=1S/C13H24N2O/c1-5-15(11(2)3)9-8-14-10-13-7-6-12(4)16-13/h6-7,11,14H,5,8-10H2,1-4H3. The van der Waals surface area contributed by atoms with E-state index in [1.54, 1.807) is 0 Å². The lowest BCUT2D eigenvalue weighted by atomic mass is 10.3. The molecule has 1 N–H and O–H groups in total. The lowest BCUT2D eigenvalue weighted by Crippen LogP contribution is -2.36. The van der Waals surface area contributed by atoms with Crippen LogP contribution in [0.15, 0.2) is 16.5 Å². The zero-order chi connectivity index (χ0) is 12.0. The van der Waals surface area contributed by atoms with E-state index in [-0.39, 0.29) is 0 Å². The molecule has 0 saturated heterocycles. The van der Waals surface area contributed by atoms with Crippen LogP contribution >= 0.6 is 0 Å². The number of furan rings is 1. The Kier molecular flexibility index (Phi) is 5.56. The molecule has 0 fully saturated rings. The van der Waals surface area contributed by atoms with Crippen molar-refractivity contribution in [3.05, 3.63) is 23.7 Å². The zero-order valence-electron chi connectivity index (χ0n) is 10.9. The minimum Gasteiger partial charge on any atom is -0.465 e. The molecule has 1 heterocycles. The van der Waals surface area contributed by atoms with Crippen molar-refractivity contribution in [2.45, 2.75) is 40.3 Å². The Labute approximate surface area is 98.8 Å². The molecule has 3 nitrogen and oxygen atoms in total. The second kappa shape index (κ2) is 6.71. The third-order valence-electron chi connectivity index (χ3n) is 2.81. The van der Waals surface area contributed by atoms with Crippen LogP contribution in [0.5, 0.6) is 0 Å². The highest BCUT2D eigenvalue weighted by atomic mass is 16.3. The summed E-state index contributed by atoms with van der Waals surface area (Å²) in [5.41, 5.74) is 0. The molecule has 3 heteroatoms. The molecule has 0 aliphatic rings. The summed E-state index contributed by atoms with van der Waals surface area (Å²) in [5, 5.41) is 3.40. The molecule has 0 radical (unpaired) electrons. The molecule has 1 aromatic heterocycles. The molecule has 1 aromatic rings. The Hall–Kier alpha value is -0.800. The van der Waals surface area contributed by atoms with Gasteiger partial charge in [0.1, 0.15) is 11.5 Å². The minimum absolute atomic E-state index is 0.623. The Morgan fingerprint density at radius 3 is 2.62 bits per heavy atom. The van der Waals surface area contributed by atoms with Crippen LogP contribution in [0.1, 0.15) is 32.3 Å².